The molecule has 0 unspecified atom stereocenters. The fourth-order valence-electron chi connectivity index (χ4n) is 0.927. The Morgan fingerprint density at radius 2 is 2.21 bits per heavy atom. The Labute approximate surface area is 82.5 Å². The predicted molar refractivity (Wildman–Crippen MR) is 48.5 cm³/mol. The highest BCUT2D eigenvalue weighted by Crippen LogP contribution is 2.38. The van der Waals surface area contributed by atoms with Crippen molar-refractivity contribution < 1.29 is 13.7 Å². The summed E-state index contributed by atoms with van der Waals surface area (Å²) in [7, 11) is 0. The van der Waals surface area contributed by atoms with E-state index in [2.05, 4.69) is 0 Å². The molecule has 1 aromatic rings. The summed E-state index contributed by atoms with van der Waals surface area (Å²) in [6.45, 7) is -0.154. The topological polar surface area (TPSA) is 69.2 Å². The van der Waals surface area contributed by atoms with E-state index in [1.807, 2.05) is 0 Å². The second-order valence-electron chi connectivity index (χ2n) is 2.64. The summed E-state index contributed by atoms with van der Waals surface area (Å²) in [6, 6.07) is 2.14. The molecule has 0 saturated carbocycles. The van der Waals surface area contributed by atoms with Gasteiger partial charge in [0.1, 0.15) is 0 Å². The molecule has 1 aromatic heterocycles. The van der Waals surface area contributed by atoms with Gasteiger partial charge >= 0.3 is 5.00 Å². The van der Waals surface area contributed by atoms with Crippen LogP contribution in [0.2, 0.25) is 0 Å². The number of alkyl halides is 2. The summed E-state index contributed by atoms with van der Waals surface area (Å²) in [5, 5.41) is 9.96. The van der Waals surface area contributed by atoms with Crippen molar-refractivity contribution in [2.24, 2.45) is 5.73 Å². The minimum atomic E-state index is -3.06. The Hall–Kier alpha value is -1.08. The van der Waals surface area contributed by atoms with Gasteiger partial charge < -0.3 is 5.73 Å². The van der Waals surface area contributed by atoms with E-state index in [9.17, 15) is 18.9 Å². The summed E-state index contributed by atoms with van der Waals surface area (Å²) >= 11 is 0.483. The molecule has 0 spiro atoms. The largest absolute Gasteiger partial charge is 0.330 e. The van der Waals surface area contributed by atoms with E-state index in [1.165, 1.54) is 0 Å². The van der Waals surface area contributed by atoms with Crippen molar-refractivity contribution in [2.45, 2.75) is 12.3 Å². The molecule has 0 fully saturated rings. The van der Waals surface area contributed by atoms with Crippen LogP contribution in [0.4, 0.5) is 13.8 Å². The number of hydrogen-bond acceptors (Lipinski definition) is 4. The van der Waals surface area contributed by atoms with Gasteiger partial charge in [-0.15, -0.1) is 0 Å². The number of rotatable bonds is 4. The molecule has 2 N–H and O–H groups in total. The molecule has 1 rings (SSSR count). The average Bonchev–Trinajstić information content (AvgIpc) is 2.51. The Kier molecular flexibility index (Phi) is 3.12. The fraction of sp³-hybridized carbons (Fsp3) is 0.429. The number of nitrogens with zero attached hydrogens (tertiary/aromatic N) is 1. The lowest BCUT2D eigenvalue weighted by Gasteiger charge is -2.11. The highest BCUT2D eigenvalue weighted by atomic mass is 32.1. The van der Waals surface area contributed by atoms with E-state index >= 15 is 0 Å². The molecule has 0 aliphatic heterocycles. The molecule has 0 radical (unpaired) electrons. The van der Waals surface area contributed by atoms with Gasteiger partial charge in [0.25, 0.3) is 5.92 Å². The molecule has 0 amide bonds. The standard InChI is InChI=1S/C7H8F2N2O2S/c8-7(9,3-4-10)5-1-2-6(14-5)11(12)13/h1-2H,3-4,10H2. The highest BCUT2D eigenvalue weighted by Gasteiger charge is 2.33. The Morgan fingerprint density at radius 1 is 1.57 bits per heavy atom. The third kappa shape index (κ3) is 2.24. The van der Waals surface area contributed by atoms with Gasteiger partial charge in [0.05, 0.1) is 9.80 Å². The Balaban J connectivity index is 2.90. The minimum absolute atomic E-state index is 0.154. The number of hydrogen-bond donors (Lipinski definition) is 1. The van der Waals surface area contributed by atoms with Crippen LogP contribution in [-0.4, -0.2) is 11.5 Å². The summed E-state index contributed by atoms with van der Waals surface area (Å²) < 4.78 is 26.3. The molecular formula is C7H8F2N2O2S. The van der Waals surface area contributed by atoms with Crippen LogP contribution in [0.5, 0.6) is 0 Å². The first-order valence-electron chi connectivity index (χ1n) is 3.80. The summed E-state index contributed by atoms with van der Waals surface area (Å²) in [4.78, 5) is 9.25. The molecule has 0 saturated heterocycles. The van der Waals surface area contributed by atoms with E-state index < -0.39 is 17.3 Å². The second kappa shape index (κ2) is 3.97. The lowest BCUT2D eigenvalue weighted by Crippen LogP contribution is -2.17. The van der Waals surface area contributed by atoms with Crippen LogP contribution >= 0.6 is 11.3 Å². The first-order chi connectivity index (χ1) is 6.47. The van der Waals surface area contributed by atoms with Crippen molar-refractivity contribution in [3.8, 4) is 0 Å². The van der Waals surface area contributed by atoms with Crippen LogP contribution in [0, 0.1) is 10.1 Å². The van der Waals surface area contributed by atoms with Crippen LogP contribution in [0.15, 0.2) is 12.1 Å². The molecule has 7 heteroatoms. The van der Waals surface area contributed by atoms with E-state index in [1.54, 1.807) is 0 Å². The quantitative estimate of drug-likeness (QED) is 0.626. The Bertz CT molecular complexity index is 340. The lowest BCUT2D eigenvalue weighted by molar-refractivity contribution is -0.380. The van der Waals surface area contributed by atoms with Crippen molar-refractivity contribution in [2.75, 3.05) is 6.54 Å². The maximum absolute atomic E-state index is 13.1. The predicted octanol–water partition coefficient (Wildman–Crippen LogP) is 2.10. The number of nitro groups is 1. The van der Waals surface area contributed by atoms with Gasteiger partial charge in [-0.1, -0.05) is 11.3 Å². The van der Waals surface area contributed by atoms with E-state index in [0.29, 0.717) is 11.3 Å². The van der Waals surface area contributed by atoms with Gasteiger partial charge in [0.15, 0.2) is 0 Å². The van der Waals surface area contributed by atoms with Crippen molar-refractivity contribution in [1.29, 1.82) is 0 Å². The summed E-state index contributed by atoms with van der Waals surface area (Å²) in [5.41, 5.74) is 5.01. The van der Waals surface area contributed by atoms with E-state index in [0.717, 1.165) is 12.1 Å². The molecule has 0 aliphatic rings. The van der Waals surface area contributed by atoms with E-state index in [4.69, 9.17) is 5.73 Å². The van der Waals surface area contributed by atoms with Crippen molar-refractivity contribution >= 4 is 16.3 Å². The van der Waals surface area contributed by atoms with Crippen LogP contribution in [0.25, 0.3) is 0 Å². The number of thiophene rings is 1. The SMILES string of the molecule is NCCC(F)(F)c1ccc([N+](=O)[O-])s1. The molecule has 0 aromatic carbocycles. The van der Waals surface area contributed by atoms with Gasteiger partial charge in [0, 0.05) is 12.5 Å². The van der Waals surface area contributed by atoms with Crippen molar-refractivity contribution in [3.63, 3.8) is 0 Å². The van der Waals surface area contributed by atoms with Gasteiger partial charge in [-0.05, 0) is 12.6 Å². The van der Waals surface area contributed by atoms with Gasteiger partial charge in [-0.3, -0.25) is 10.1 Å². The Morgan fingerprint density at radius 3 is 2.64 bits per heavy atom. The van der Waals surface area contributed by atoms with Crippen LogP contribution < -0.4 is 5.73 Å². The van der Waals surface area contributed by atoms with Gasteiger partial charge in [-0.25, -0.2) is 8.78 Å². The molecular weight excluding hydrogens is 214 g/mol. The fourth-order valence-corrected chi connectivity index (χ4v) is 1.75. The summed E-state index contributed by atoms with van der Waals surface area (Å²) in [5.74, 6) is -3.06. The first kappa shape index (κ1) is 11.0. The summed E-state index contributed by atoms with van der Waals surface area (Å²) in [6.07, 6.45) is -0.495. The smallest absolute Gasteiger partial charge is 0.324 e. The molecule has 0 atom stereocenters. The third-order valence-corrected chi connectivity index (χ3v) is 2.74. The van der Waals surface area contributed by atoms with E-state index in [-0.39, 0.29) is 16.4 Å². The normalized spacial score (nSPS) is 11.6. The maximum atomic E-state index is 13.1. The van der Waals surface area contributed by atoms with Crippen molar-refractivity contribution in [1.82, 2.24) is 0 Å². The third-order valence-electron chi connectivity index (χ3n) is 1.59. The number of nitrogens with two attached hydrogens (primary N) is 1. The average molecular weight is 222 g/mol. The van der Waals surface area contributed by atoms with Crippen LogP contribution in [0.1, 0.15) is 11.3 Å². The monoisotopic (exact) mass is 222 g/mol. The molecule has 1 heterocycles. The molecule has 0 bridgehead atoms. The zero-order valence-corrected chi connectivity index (χ0v) is 7.89. The second-order valence-corrected chi connectivity index (χ2v) is 3.70. The van der Waals surface area contributed by atoms with Crippen molar-refractivity contribution in [3.05, 3.63) is 27.1 Å². The lowest BCUT2D eigenvalue weighted by atomic mass is 10.2. The number of halogens is 2. The molecule has 14 heavy (non-hydrogen) atoms. The van der Waals surface area contributed by atoms with Crippen LogP contribution in [0.3, 0.4) is 0 Å². The molecule has 4 nitrogen and oxygen atoms in total. The van der Waals surface area contributed by atoms with Gasteiger partial charge in [-0.2, -0.15) is 0 Å². The zero-order valence-electron chi connectivity index (χ0n) is 7.07. The highest BCUT2D eigenvalue weighted by molar-refractivity contribution is 7.15. The molecule has 78 valence electrons. The maximum Gasteiger partial charge on any atom is 0.324 e. The van der Waals surface area contributed by atoms with Gasteiger partial charge in [0.2, 0.25) is 0 Å². The zero-order chi connectivity index (χ0) is 10.8. The van der Waals surface area contributed by atoms with Crippen LogP contribution in [-0.2, 0) is 5.92 Å². The molecule has 0 aliphatic carbocycles. The minimum Gasteiger partial charge on any atom is -0.330 e. The first-order valence-corrected chi connectivity index (χ1v) is 4.61.